The highest BCUT2D eigenvalue weighted by Crippen LogP contribution is 2.43. The molecular weight excluding hydrogens is 782 g/mol. The summed E-state index contributed by atoms with van der Waals surface area (Å²) in [7, 11) is 1.69. The molecule has 0 heterocycles. The van der Waals surface area contributed by atoms with Crippen molar-refractivity contribution in [1.82, 2.24) is 0 Å². The summed E-state index contributed by atoms with van der Waals surface area (Å²) in [5, 5.41) is 0. The van der Waals surface area contributed by atoms with Gasteiger partial charge < -0.3 is 18.9 Å². The minimum absolute atomic E-state index is 0.0943. The number of hydrogen-bond acceptors (Lipinski definition) is 6. The molecule has 9 heteroatoms. The van der Waals surface area contributed by atoms with Gasteiger partial charge in [-0.25, -0.2) is 4.57 Å². The lowest BCUT2D eigenvalue weighted by Crippen LogP contribution is -2.37. The Kier molecular flexibility index (Phi) is 45.7. The number of quaternary nitrogens is 1. The Morgan fingerprint density at radius 1 is 0.443 bits per heavy atom. The Labute approximate surface area is 380 Å². The lowest BCUT2D eigenvalue weighted by atomic mass is 10.0. The van der Waals surface area contributed by atoms with Crippen molar-refractivity contribution in [2.75, 3.05) is 54.1 Å². The highest BCUT2D eigenvalue weighted by molar-refractivity contribution is 7.47. The van der Waals surface area contributed by atoms with E-state index < -0.39 is 13.9 Å². The van der Waals surface area contributed by atoms with Gasteiger partial charge >= 0.3 is 13.8 Å². The van der Waals surface area contributed by atoms with Crippen LogP contribution in [-0.2, 0) is 27.9 Å². The average molecular weight is 889 g/mol. The van der Waals surface area contributed by atoms with Gasteiger partial charge in [0.05, 0.1) is 34.4 Å². The van der Waals surface area contributed by atoms with Crippen LogP contribution >= 0.6 is 7.82 Å². The van der Waals surface area contributed by atoms with Crippen LogP contribution in [0, 0.1) is 0 Å². The van der Waals surface area contributed by atoms with Crippen LogP contribution < -0.4 is 0 Å². The molecule has 0 spiro atoms. The Balaban J connectivity index is 4.06. The zero-order chi connectivity index (χ0) is 44.8. The van der Waals surface area contributed by atoms with Crippen molar-refractivity contribution in [2.24, 2.45) is 0 Å². The molecule has 0 saturated heterocycles. The van der Waals surface area contributed by atoms with Crippen molar-refractivity contribution >= 4 is 13.8 Å². The molecule has 0 radical (unpaired) electrons. The summed E-state index contributed by atoms with van der Waals surface area (Å²) < 4.78 is 35.2. The maximum atomic E-state index is 12.8. The lowest BCUT2D eigenvalue weighted by Gasteiger charge is -2.24. The first-order chi connectivity index (χ1) is 29.6. The summed E-state index contributed by atoms with van der Waals surface area (Å²) in [6.07, 6.45) is 51.5. The van der Waals surface area contributed by atoms with Crippen LogP contribution in [0.4, 0.5) is 0 Å². The molecule has 1 N–H and O–H groups in total. The topological polar surface area (TPSA) is 91.3 Å². The third-order valence-corrected chi connectivity index (χ3v) is 13.2. The number of carbonyl (C=O) groups is 1. The summed E-state index contributed by atoms with van der Waals surface area (Å²) in [6, 6.07) is 0. The molecule has 0 saturated carbocycles. The normalized spacial score (nSPS) is 13.5. The zero-order valence-electron chi connectivity index (χ0n) is 41.7. The van der Waals surface area contributed by atoms with Crippen molar-refractivity contribution < 1.29 is 37.3 Å². The van der Waals surface area contributed by atoms with E-state index in [1.54, 1.807) is 0 Å². The molecule has 2 atom stereocenters. The van der Waals surface area contributed by atoms with Gasteiger partial charge in [0.25, 0.3) is 0 Å². The first-order valence-corrected chi connectivity index (χ1v) is 28.3. The number of nitrogens with zero attached hydrogens (tertiary/aromatic N) is 1. The number of hydrogen-bond donors (Lipinski definition) is 1. The summed E-state index contributed by atoms with van der Waals surface area (Å²) >= 11 is 0. The van der Waals surface area contributed by atoms with Crippen LogP contribution in [0.5, 0.6) is 0 Å². The third-order valence-electron chi connectivity index (χ3n) is 12.2. The largest absolute Gasteiger partial charge is 0.472 e. The van der Waals surface area contributed by atoms with Crippen LogP contribution in [0.1, 0.15) is 271 Å². The number of unbranched alkanes of at least 4 members (excludes halogenated alkanes) is 37. The highest BCUT2D eigenvalue weighted by Gasteiger charge is 2.26. The summed E-state index contributed by atoms with van der Waals surface area (Å²) in [5.74, 6) is -0.304. The molecule has 0 amide bonds. The maximum Gasteiger partial charge on any atom is 0.472 e. The fourth-order valence-corrected chi connectivity index (χ4v) is 8.77. The molecule has 2 unspecified atom stereocenters. The molecule has 0 aromatic heterocycles. The second kappa shape index (κ2) is 46.0. The van der Waals surface area contributed by atoms with Crippen molar-refractivity contribution in [3.05, 3.63) is 0 Å². The fraction of sp³-hybridized carbons (Fsp3) is 0.981. The fourth-order valence-electron chi connectivity index (χ4n) is 8.03. The van der Waals surface area contributed by atoms with Gasteiger partial charge in [-0.15, -0.1) is 0 Å². The predicted molar refractivity (Wildman–Crippen MR) is 261 cm³/mol. The molecule has 8 nitrogen and oxygen atoms in total. The number of phosphoric ester groups is 1. The number of carbonyl (C=O) groups excluding carboxylic acids is 1. The monoisotopic (exact) mass is 889 g/mol. The molecular formula is C52H107NO7P+. The SMILES string of the molecule is CCCCCCCCCCCCCCCCCCCCCCC(=O)OC(COCCCCCCCCCCCCCCCCCCCCC)COP(=O)(O)OCC[N+](C)(C)C. The first-order valence-electron chi connectivity index (χ1n) is 26.8. The van der Waals surface area contributed by atoms with Crippen molar-refractivity contribution in [2.45, 2.75) is 277 Å². The van der Waals surface area contributed by atoms with E-state index in [2.05, 4.69) is 13.8 Å². The molecule has 0 aliphatic heterocycles. The Morgan fingerprint density at radius 3 is 1.08 bits per heavy atom. The van der Waals surface area contributed by atoms with Gasteiger partial charge in [0.15, 0.2) is 0 Å². The number of esters is 1. The Bertz CT molecular complexity index is 945. The molecule has 0 aliphatic carbocycles. The van der Waals surface area contributed by atoms with Crippen LogP contribution in [0.3, 0.4) is 0 Å². The Hall–Kier alpha value is -0.500. The van der Waals surface area contributed by atoms with E-state index in [-0.39, 0.29) is 25.8 Å². The number of likely N-dealkylation sites (N-methyl/N-ethyl adjacent to an activating group) is 1. The molecule has 0 bridgehead atoms. The highest BCUT2D eigenvalue weighted by atomic mass is 31.2. The van der Waals surface area contributed by atoms with Gasteiger partial charge in [0.2, 0.25) is 0 Å². The molecule has 0 fully saturated rings. The van der Waals surface area contributed by atoms with Gasteiger partial charge in [-0.05, 0) is 12.8 Å². The van der Waals surface area contributed by atoms with E-state index in [9.17, 15) is 14.3 Å². The second-order valence-corrected chi connectivity index (χ2v) is 21.1. The smallest absolute Gasteiger partial charge is 0.457 e. The predicted octanol–water partition coefficient (Wildman–Crippen LogP) is 16.4. The third kappa shape index (κ3) is 50.4. The van der Waals surface area contributed by atoms with Gasteiger partial charge in [-0.2, -0.15) is 0 Å². The van der Waals surface area contributed by atoms with Crippen molar-refractivity contribution in [3.63, 3.8) is 0 Å². The van der Waals surface area contributed by atoms with Crippen molar-refractivity contribution in [3.8, 4) is 0 Å². The summed E-state index contributed by atoms with van der Waals surface area (Å²) in [4.78, 5) is 23.0. The minimum atomic E-state index is -4.27. The van der Waals surface area contributed by atoms with Crippen molar-refractivity contribution in [1.29, 1.82) is 0 Å². The molecule has 61 heavy (non-hydrogen) atoms. The van der Waals surface area contributed by atoms with Gasteiger partial charge in [0.1, 0.15) is 19.3 Å². The molecule has 0 aromatic rings. The second-order valence-electron chi connectivity index (χ2n) is 19.6. The van der Waals surface area contributed by atoms with Gasteiger partial charge in [-0.3, -0.25) is 13.8 Å². The number of ether oxygens (including phenoxy) is 2. The van der Waals surface area contributed by atoms with E-state index >= 15 is 0 Å². The number of phosphoric acid groups is 1. The van der Waals surface area contributed by atoms with Gasteiger partial charge in [0, 0.05) is 13.0 Å². The maximum absolute atomic E-state index is 12.8. The van der Waals surface area contributed by atoms with Crippen LogP contribution in [0.25, 0.3) is 0 Å². The van der Waals surface area contributed by atoms with E-state index in [1.165, 1.54) is 218 Å². The van der Waals surface area contributed by atoms with Crippen LogP contribution in [-0.4, -0.2) is 75.6 Å². The van der Waals surface area contributed by atoms with Crippen LogP contribution in [0.2, 0.25) is 0 Å². The average Bonchev–Trinajstić information content (AvgIpc) is 3.22. The van der Waals surface area contributed by atoms with E-state index in [0.29, 0.717) is 24.1 Å². The quantitative estimate of drug-likeness (QED) is 0.0281. The summed E-state index contributed by atoms with van der Waals surface area (Å²) in [6.45, 7) is 5.71. The minimum Gasteiger partial charge on any atom is -0.457 e. The van der Waals surface area contributed by atoms with Gasteiger partial charge in [-0.1, -0.05) is 251 Å². The molecule has 366 valence electrons. The van der Waals surface area contributed by atoms with Crippen LogP contribution in [0.15, 0.2) is 0 Å². The first kappa shape index (κ1) is 60.5. The summed E-state index contributed by atoms with van der Waals surface area (Å²) in [5.41, 5.74) is 0. The van der Waals surface area contributed by atoms with E-state index in [1.807, 2.05) is 21.1 Å². The zero-order valence-corrected chi connectivity index (χ0v) is 42.6. The lowest BCUT2D eigenvalue weighted by molar-refractivity contribution is -0.870. The van der Waals surface area contributed by atoms with E-state index in [0.717, 1.165) is 32.1 Å². The molecule has 0 aliphatic rings. The standard InChI is InChI=1S/C52H106NO7P/c1-6-8-10-12-14-16-18-20-22-24-26-27-29-31-33-35-37-39-41-43-45-52(54)60-51(50-59-61(55,56)58-48-46-53(3,4)5)49-57-47-44-42-40-38-36-34-32-30-28-25-23-21-19-17-15-13-11-9-7-2/h51H,6-50H2,1-5H3/p+1. The molecule has 0 aromatic carbocycles. The number of rotatable bonds is 51. The molecule has 0 rings (SSSR count). The van der Waals surface area contributed by atoms with E-state index in [4.69, 9.17) is 18.5 Å². The Morgan fingerprint density at radius 2 is 0.754 bits per heavy atom.